The first-order valence-electron chi connectivity index (χ1n) is 14.5. The Morgan fingerprint density at radius 3 is 2.34 bits per heavy atom. The van der Waals surface area contributed by atoms with Gasteiger partial charge in [-0.2, -0.15) is 0 Å². The number of benzene rings is 2. The fraction of sp³-hybridized carbons (Fsp3) is 0.361. The molecule has 1 unspecified atom stereocenters. The van der Waals surface area contributed by atoms with E-state index in [1.54, 1.807) is 6.07 Å². The smallest absolute Gasteiger partial charge is 0.124 e. The number of hydrogen-bond donors (Lipinski definition) is 1. The maximum Gasteiger partial charge on any atom is 0.124 e. The van der Waals surface area contributed by atoms with Crippen molar-refractivity contribution in [2.75, 3.05) is 26.7 Å². The Morgan fingerprint density at radius 1 is 1.12 bits per heavy atom. The van der Waals surface area contributed by atoms with Crippen molar-refractivity contribution < 1.29 is 4.39 Å². The van der Waals surface area contributed by atoms with Gasteiger partial charge in [-0.15, -0.1) is 0 Å². The summed E-state index contributed by atoms with van der Waals surface area (Å²) in [5.74, 6) is 5.80. The minimum absolute atomic E-state index is 0.239. The predicted octanol–water partition coefficient (Wildman–Crippen LogP) is 8.83. The van der Waals surface area contributed by atoms with Crippen molar-refractivity contribution in [3.63, 3.8) is 0 Å². The van der Waals surface area contributed by atoms with Crippen LogP contribution in [0.15, 0.2) is 96.3 Å². The topological polar surface area (TPSA) is 18.5 Å². The zero-order valence-electron chi connectivity index (χ0n) is 26.3. The zero-order valence-corrected chi connectivity index (χ0v) is 27.1. The molecule has 0 bridgehead atoms. The Kier molecular flexibility index (Phi) is 13.0. The van der Waals surface area contributed by atoms with E-state index < -0.39 is 9.39 Å². The highest BCUT2D eigenvalue weighted by atomic mass is 32.2. The lowest BCUT2D eigenvalue weighted by Gasteiger charge is -2.38. The second-order valence-electron chi connectivity index (χ2n) is 10.4. The lowest BCUT2D eigenvalue weighted by molar-refractivity contribution is 0.281. The largest absolute Gasteiger partial charge is 0.371 e. The van der Waals surface area contributed by atoms with Crippen LogP contribution in [0.4, 0.5) is 4.39 Å². The minimum atomic E-state index is -1.84. The van der Waals surface area contributed by atoms with Crippen molar-refractivity contribution in [3.8, 4) is 0 Å². The third-order valence-electron chi connectivity index (χ3n) is 7.88. The summed E-state index contributed by atoms with van der Waals surface area (Å²) in [6.45, 7) is 27.2. The monoisotopic (exact) mass is 575 g/mol. The molecule has 3 rings (SSSR count). The van der Waals surface area contributed by atoms with E-state index in [1.807, 2.05) is 32.9 Å². The van der Waals surface area contributed by atoms with E-state index in [0.717, 1.165) is 71.2 Å². The van der Waals surface area contributed by atoms with E-state index in [4.69, 9.17) is 0 Å². The molecule has 0 saturated carbocycles. The third kappa shape index (κ3) is 8.39. The number of nitrogens with one attached hydrogen (secondary N) is 1. The van der Waals surface area contributed by atoms with E-state index in [-0.39, 0.29) is 5.82 Å². The Labute approximate surface area is 250 Å². The molecule has 0 aromatic heterocycles. The molecule has 0 radical (unpaired) electrons. The van der Waals surface area contributed by atoms with Crippen molar-refractivity contribution in [1.29, 1.82) is 0 Å². The molecule has 41 heavy (non-hydrogen) atoms. The molecule has 1 aliphatic rings. The van der Waals surface area contributed by atoms with Crippen molar-refractivity contribution in [2.45, 2.75) is 59.3 Å². The van der Waals surface area contributed by atoms with Gasteiger partial charge in [-0.25, -0.2) is 4.39 Å². The number of allylic oxidation sites excluding steroid dienone is 5. The summed E-state index contributed by atoms with van der Waals surface area (Å²) >= 11 is 0. The molecule has 0 spiro atoms. The maximum atomic E-state index is 14.1. The van der Waals surface area contributed by atoms with Crippen LogP contribution < -0.4 is 5.32 Å². The van der Waals surface area contributed by atoms with Gasteiger partial charge in [0.1, 0.15) is 11.6 Å². The molecule has 2 aromatic rings. The van der Waals surface area contributed by atoms with Crippen LogP contribution in [0.3, 0.4) is 0 Å². The highest BCUT2D eigenvalue weighted by Gasteiger charge is 2.25. The number of piperidine rings is 1. The van der Waals surface area contributed by atoms with E-state index in [2.05, 4.69) is 103 Å². The van der Waals surface area contributed by atoms with Crippen molar-refractivity contribution >= 4 is 25.9 Å². The van der Waals surface area contributed by atoms with Crippen LogP contribution in [-0.2, 0) is 0 Å². The highest BCUT2D eigenvalue weighted by Crippen LogP contribution is 2.41. The fourth-order valence-electron chi connectivity index (χ4n) is 4.96. The summed E-state index contributed by atoms with van der Waals surface area (Å²) in [6.07, 6.45) is 6.06. The average molecular weight is 576 g/mol. The van der Waals surface area contributed by atoms with Crippen LogP contribution in [0.1, 0.15) is 57.2 Å². The van der Waals surface area contributed by atoms with Gasteiger partial charge >= 0.3 is 0 Å². The number of aryl methyl sites for hydroxylation is 2. The van der Waals surface area contributed by atoms with Gasteiger partial charge in [0, 0.05) is 37.3 Å². The molecule has 1 N–H and O–H groups in total. The number of halogens is 1. The summed E-state index contributed by atoms with van der Waals surface area (Å²) in [4.78, 5) is 3.09. The SMILES string of the molecule is C=C=S(=C)(c1cc(F)ccc1C)N1CCC(CN/C(=C/C(=C)c2ccccc2C)N(C)/C(C)=C(/C)C=C)CC1.CC. The van der Waals surface area contributed by atoms with Gasteiger partial charge in [-0.05, 0) is 99.1 Å². The molecular formula is C36H50FN3S. The Hall–Kier alpha value is -3.24. The lowest BCUT2D eigenvalue weighted by Crippen LogP contribution is -2.37. The van der Waals surface area contributed by atoms with E-state index in [1.165, 1.54) is 11.6 Å². The van der Waals surface area contributed by atoms with Gasteiger partial charge in [-0.3, -0.25) is 4.31 Å². The molecular weight excluding hydrogens is 525 g/mol. The van der Waals surface area contributed by atoms with Gasteiger partial charge < -0.3 is 10.2 Å². The quantitative estimate of drug-likeness (QED) is 0.226. The van der Waals surface area contributed by atoms with E-state index >= 15 is 0 Å². The fourth-order valence-corrected chi connectivity index (χ4v) is 7.31. The van der Waals surface area contributed by atoms with Crippen LogP contribution in [0, 0.1) is 25.6 Å². The van der Waals surface area contributed by atoms with Crippen LogP contribution in [0.25, 0.3) is 5.57 Å². The van der Waals surface area contributed by atoms with Gasteiger partial charge in [0.05, 0.1) is 0 Å². The first-order valence-corrected chi connectivity index (χ1v) is 16.2. The van der Waals surface area contributed by atoms with Gasteiger partial charge in [0.25, 0.3) is 0 Å². The predicted molar refractivity (Wildman–Crippen MR) is 183 cm³/mol. The molecule has 0 amide bonds. The van der Waals surface area contributed by atoms with Gasteiger partial charge in [-0.1, -0.05) is 83.7 Å². The molecule has 1 aliphatic heterocycles. The molecule has 1 atom stereocenters. The molecule has 3 nitrogen and oxygen atoms in total. The summed E-state index contributed by atoms with van der Waals surface area (Å²) in [5.41, 5.74) is 6.61. The van der Waals surface area contributed by atoms with Crippen LogP contribution in [-0.4, -0.2) is 46.8 Å². The molecule has 2 aromatic carbocycles. The maximum absolute atomic E-state index is 14.1. The van der Waals surface area contributed by atoms with Gasteiger partial charge in [0.15, 0.2) is 0 Å². The summed E-state index contributed by atoms with van der Waals surface area (Å²) in [6, 6.07) is 13.3. The Balaban J connectivity index is 0.00000287. The number of hydrogen-bond acceptors (Lipinski definition) is 3. The van der Waals surface area contributed by atoms with Crippen molar-refractivity contribution in [1.82, 2.24) is 14.5 Å². The number of rotatable bonds is 10. The second kappa shape index (κ2) is 15.7. The minimum Gasteiger partial charge on any atom is -0.371 e. The first kappa shape index (κ1) is 34.0. The van der Waals surface area contributed by atoms with E-state index in [9.17, 15) is 4.39 Å². The van der Waals surface area contributed by atoms with Crippen LogP contribution in [0.5, 0.6) is 0 Å². The second-order valence-corrected chi connectivity index (χ2v) is 13.1. The molecule has 0 aliphatic carbocycles. The number of nitrogens with zero attached hydrogens (tertiary/aromatic N) is 2. The molecule has 222 valence electrons. The molecule has 1 saturated heterocycles. The summed E-state index contributed by atoms with van der Waals surface area (Å²) in [5, 5.41) is 6.95. The molecule has 5 heteroatoms. The lowest BCUT2D eigenvalue weighted by atomic mass is 9.98. The van der Waals surface area contributed by atoms with Gasteiger partial charge in [0.2, 0.25) is 0 Å². The standard InChI is InChI=1S/C34H44FN3S.C2H6/c1-10-25(3)29(7)37(8)34(22-28(6)32-15-13-12-14-26(32)4)36-24-30-18-20-38(21-19-30)39(9,11-2)33-23-31(35)17-16-27(33)5;1-2/h10,12-17,22-23,30,36H,1-2,6,9,18-21,24H2,3-5,7-8H3;1-2H3/b29-25-,34-22-;. The normalized spacial score (nSPS) is 16.3. The van der Waals surface area contributed by atoms with Crippen molar-refractivity contribution in [3.05, 3.63) is 114 Å². The molecule has 1 heterocycles. The summed E-state index contributed by atoms with van der Waals surface area (Å²) in [7, 11) is 0.242. The third-order valence-corrected chi connectivity index (χ3v) is 10.8. The average Bonchev–Trinajstić information content (AvgIpc) is 3.00. The summed E-state index contributed by atoms with van der Waals surface area (Å²) < 4.78 is 16.5. The highest BCUT2D eigenvalue weighted by molar-refractivity contribution is 8.26. The van der Waals surface area contributed by atoms with Crippen LogP contribution in [0.2, 0.25) is 0 Å². The Bertz CT molecular complexity index is 1430. The van der Waals surface area contributed by atoms with Crippen molar-refractivity contribution in [2.24, 2.45) is 5.92 Å². The molecule has 1 fully saturated rings. The first-order chi connectivity index (χ1) is 19.5. The Morgan fingerprint density at radius 2 is 1.76 bits per heavy atom. The van der Waals surface area contributed by atoms with E-state index in [0.29, 0.717) is 5.92 Å². The van der Waals surface area contributed by atoms with Crippen LogP contribution >= 0.6 is 9.39 Å². The zero-order chi connectivity index (χ0) is 30.7.